The first-order valence-corrected chi connectivity index (χ1v) is 5.92. The molecule has 2 nitrogen and oxygen atoms in total. The Morgan fingerprint density at radius 3 is 2.50 bits per heavy atom. The Kier molecular flexibility index (Phi) is 2.23. The Labute approximate surface area is 95.7 Å². The summed E-state index contributed by atoms with van der Waals surface area (Å²) in [6, 6.07) is 0. The molecule has 4 unspecified atom stereocenters. The Balaban J connectivity index is 1.90. The second-order valence-electron chi connectivity index (χ2n) is 4.92. The van der Waals surface area contributed by atoms with E-state index in [2.05, 4.69) is 36.5 Å². The lowest BCUT2D eigenvalue weighted by atomic mass is 9.75. The van der Waals surface area contributed by atoms with Gasteiger partial charge in [0.25, 0.3) is 0 Å². The van der Waals surface area contributed by atoms with Gasteiger partial charge in [-0.15, -0.1) is 0 Å². The molecule has 3 rings (SSSR count). The molecule has 3 aliphatic carbocycles. The van der Waals surface area contributed by atoms with Gasteiger partial charge in [0.15, 0.2) is 0 Å². The Morgan fingerprint density at radius 1 is 1.12 bits per heavy atom. The van der Waals surface area contributed by atoms with Gasteiger partial charge in [-0.3, -0.25) is 4.79 Å². The van der Waals surface area contributed by atoms with Crippen molar-refractivity contribution in [1.82, 2.24) is 0 Å². The van der Waals surface area contributed by atoms with Crippen LogP contribution >= 0.6 is 0 Å². The number of rotatable bonds is 2. The molecule has 2 heteroatoms. The molecule has 0 aromatic carbocycles. The van der Waals surface area contributed by atoms with E-state index in [4.69, 9.17) is 4.74 Å². The highest BCUT2D eigenvalue weighted by Gasteiger charge is 2.50. The van der Waals surface area contributed by atoms with Gasteiger partial charge in [0, 0.05) is 0 Å². The van der Waals surface area contributed by atoms with Gasteiger partial charge in [-0.25, -0.2) is 0 Å². The summed E-state index contributed by atoms with van der Waals surface area (Å²) in [5.74, 6) is 1.84. The minimum atomic E-state index is -0.0319. The highest BCUT2D eigenvalue weighted by Crippen LogP contribution is 2.52. The molecule has 1 fully saturated rings. The van der Waals surface area contributed by atoms with Crippen molar-refractivity contribution >= 4 is 5.97 Å². The highest BCUT2D eigenvalue weighted by atomic mass is 16.5. The number of ether oxygens (including phenoxy) is 1. The van der Waals surface area contributed by atoms with E-state index in [0.29, 0.717) is 23.7 Å². The fourth-order valence-electron chi connectivity index (χ4n) is 3.56. The molecule has 1 saturated carbocycles. The van der Waals surface area contributed by atoms with Crippen LogP contribution in [-0.4, -0.2) is 13.1 Å². The van der Waals surface area contributed by atoms with Crippen LogP contribution in [0.2, 0.25) is 0 Å². The standard InChI is InChI=1S/C14H16O2/c1-16-14(15)13-11-7-6-10(8-11)12(13)9-4-2-3-5-9/h2-7,9-13H,8H2,1H3. The van der Waals surface area contributed by atoms with E-state index in [-0.39, 0.29) is 11.9 Å². The maximum atomic E-state index is 11.9. The first kappa shape index (κ1) is 9.88. The molecule has 0 spiro atoms. The average molecular weight is 216 g/mol. The minimum Gasteiger partial charge on any atom is -0.469 e. The van der Waals surface area contributed by atoms with Gasteiger partial charge in [-0.1, -0.05) is 36.5 Å². The minimum absolute atomic E-state index is 0.0319. The first-order chi connectivity index (χ1) is 7.81. The lowest BCUT2D eigenvalue weighted by molar-refractivity contribution is -0.148. The topological polar surface area (TPSA) is 26.3 Å². The van der Waals surface area contributed by atoms with E-state index < -0.39 is 0 Å². The number of hydrogen-bond acceptors (Lipinski definition) is 2. The average Bonchev–Trinajstić information content (AvgIpc) is 3.01. The van der Waals surface area contributed by atoms with Crippen molar-refractivity contribution in [3.8, 4) is 0 Å². The van der Waals surface area contributed by atoms with Crippen molar-refractivity contribution < 1.29 is 9.53 Å². The lowest BCUT2D eigenvalue weighted by Gasteiger charge is -2.29. The van der Waals surface area contributed by atoms with Crippen LogP contribution in [0.3, 0.4) is 0 Å². The van der Waals surface area contributed by atoms with E-state index in [1.807, 2.05) is 0 Å². The summed E-state index contributed by atoms with van der Waals surface area (Å²) >= 11 is 0. The second kappa shape index (κ2) is 3.62. The van der Waals surface area contributed by atoms with Crippen molar-refractivity contribution in [2.45, 2.75) is 6.42 Å². The summed E-state index contributed by atoms with van der Waals surface area (Å²) < 4.78 is 4.96. The summed E-state index contributed by atoms with van der Waals surface area (Å²) in [6.07, 6.45) is 14.2. The molecule has 2 bridgehead atoms. The maximum absolute atomic E-state index is 11.9. The van der Waals surface area contributed by atoms with Crippen LogP contribution in [0, 0.1) is 29.6 Å². The van der Waals surface area contributed by atoms with Crippen molar-refractivity contribution in [3.05, 3.63) is 36.5 Å². The van der Waals surface area contributed by atoms with Gasteiger partial charge in [0.2, 0.25) is 0 Å². The van der Waals surface area contributed by atoms with Gasteiger partial charge in [0.05, 0.1) is 13.0 Å². The van der Waals surface area contributed by atoms with Crippen LogP contribution in [0.1, 0.15) is 6.42 Å². The van der Waals surface area contributed by atoms with E-state index in [1.54, 1.807) is 0 Å². The molecular weight excluding hydrogens is 200 g/mol. The molecule has 4 atom stereocenters. The third kappa shape index (κ3) is 1.29. The number of methoxy groups -OCH3 is 1. The molecule has 0 radical (unpaired) electrons. The quantitative estimate of drug-likeness (QED) is 0.523. The van der Waals surface area contributed by atoms with Gasteiger partial charge >= 0.3 is 5.97 Å². The summed E-state index contributed by atoms with van der Waals surface area (Å²) in [4.78, 5) is 11.9. The third-order valence-electron chi connectivity index (χ3n) is 4.22. The van der Waals surface area contributed by atoms with Gasteiger partial charge in [-0.05, 0) is 30.1 Å². The van der Waals surface area contributed by atoms with Gasteiger partial charge < -0.3 is 4.74 Å². The van der Waals surface area contributed by atoms with E-state index in [1.165, 1.54) is 7.11 Å². The lowest BCUT2D eigenvalue weighted by Crippen LogP contribution is -2.32. The molecule has 0 heterocycles. The summed E-state index contributed by atoms with van der Waals surface area (Å²) in [7, 11) is 1.50. The van der Waals surface area contributed by atoms with Crippen molar-refractivity contribution in [3.63, 3.8) is 0 Å². The zero-order valence-electron chi connectivity index (χ0n) is 9.37. The normalized spacial score (nSPS) is 39.8. The van der Waals surface area contributed by atoms with Gasteiger partial charge in [-0.2, -0.15) is 0 Å². The largest absolute Gasteiger partial charge is 0.469 e. The van der Waals surface area contributed by atoms with Crippen molar-refractivity contribution in [2.75, 3.05) is 7.11 Å². The van der Waals surface area contributed by atoms with Crippen LogP contribution in [-0.2, 0) is 9.53 Å². The van der Waals surface area contributed by atoms with E-state index >= 15 is 0 Å². The second-order valence-corrected chi connectivity index (χ2v) is 4.92. The third-order valence-corrected chi connectivity index (χ3v) is 4.22. The summed E-state index contributed by atoms with van der Waals surface area (Å²) in [5.41, 5.74) is 0. The SMILES string of the molecule is COC(=O)C1C2C=CC(C2)C1C1C=CC=C1. The Hall–Kier alpha value is -1.31. The molecule has 0 N–H and O–H groups in total. The number of carbonyl (C=O) groups excluding carboxylic acids is 1. The molecule has 0 aliphatic heterocycles. The number of hydrogen-bond donors (Lipinski definition) is 0. The molecule has 3 aliphatic rings. The number of allylic oxidation sites excluding steroid dienone is 6. The zero-order chi connectivity index (χ0) is 11.1. The molecule has 0 saturated heterocycles. The summed E-state index contributed by atoms with van der Waals surface area (Å²) in [6.45, 7) is 0. The first-order valence-electron chi connectivity index (χ1n) is 5.92. The van der Waals surface area contributed by atoms with Crippen LogP contribution in [0.4, 0.5) is 0 Å². The van der Waals surface area contributed by atoms with Crippen LogP contribution in [0.25, 0.3) is 0 Å². The molecule has 0 amide bonds. The molecule has 84 valence electrons. The number of fused-ring (bicyclic) bond motifs is 2. The monoisotopic (exact) mass is 216 g/mol. The van der Waals surface area contributed by atoms with Crippen molar-refractivity contribution in [2.24, 2.45) is 29.6 Å². The highest BCUT2D eigenvalue weighted by molar-refractivity contribution is 5.74. The predicted molar refractivity (Wildman–Crippen MR) is 61.5 cm³/mol. The molecule has 0 aromatic heterocycles. The fraction of sp³-hybridized carbons (Fsp3) is 0.500. The molecular formula is C14H16O2. The maximum Gasteiger partial charge on any atom is 0.309 e. The van der Waals surface area contributed by atoms with Crippen molar-refractivity contribution in [1.29, 1.82) is 0 Å². The van der Waals surface area contributed by atoms with E-state index in [9.17, 15) is 4.79 Å². The Bertz CT molecular complexity index is 380. The van der Waals surface area contributed by atoms with Crippen LogP contribution in [0.15, 0.2) is 36.5 Å². The molecule has 0 aromatic rings. The smallest absolute Gasteiger partial charge is 0.309 e. The Morgan fingerprint density at radius 2 is 1.81 bits per heavy atom. The fourth-order valence-corrected chi connectivity index (χ4v) is 3.56. The van der Waals surface area contributed by atoms with Crippen LogP contribution in [0.5, 0.6) is 0 Å². The molecule has 16 heavy (non-hydrogen) atoms. The number of esters is 1. The van der Waals surface area contributed by atoms with E-state index in [0.717, 1.165) is 6.42 Å². The predicted octanol–water partition coefficient (Wildman–Crippen LogP) is 2.34. The van der Waals surface area contributed by atoms with Crippen LogP contribution < -0.4 is 0 Å². The summed E-state index contributed by atoms with van der Waals surface area (Å²) in [5, 5.41) is 0. The number of carbonyl (C=O) groups is 1. The van der Waals surface area contributed by atoms with Gasteiger partial charge in [0.1, 0.15) is 0 Å². The zero-order valence-corrected chi connectivity index (χ0v) is 9.37.